The average molecular weight is 511 g/mol. The molecule has 0 amide bonds. The number of hydrogen-bond acceptors (Lipinski definition) is 10. The molecule has 1 N–H and O–H groups in total. The number of carbonyl (C=O) groups is 1. The Morgan fingerprint density at radius 1 is 1.19 bits per heavy atom. The number of rotatable bonds is 7. The second-order valence-corrected chi connectivity index (χ2v) is 9.67. The van der Waals surface area contributed by atoms with E-state index in [1.54, 1.807) is 10.7 Å². The Kier molecular flexibility index (Phi) is 6.51. The van der Waals surface area contributed by atoms with Gasteiger partial charge in [-0.2, -0.15) is 0 Å². The van der Waals surface area contributed by atoms with Crippen molar-refractivity contribution in [1.82, 2.24) is 30.1 Å². The second-order valence-electron chi connectivity index (χ2n) is 9.67. The minimum Gasteiger partial charge on any atom is -0.466 e. The quantitative estimate of drug-likeness (QED) is 0.469. The highest BCUT2D eigenvalue weighted by Crippen LogP contribution is 2.37. The number of likely N-dealkylation sites (tertiary alicyclic amines) is 1. The zero-order valence-electron chi connectivity index (χ0n) is 20.7. The molecule has 2 saturated heterocycles. The summed E-state index contributed by atoms with van der Waals surface area (Å²) in [6.07, 6.45) is 3.25. The van der Waals surface area contributed by atoms with Gasteiger partial charge in [-0.1, -0.05) is 0 Å². The van der Waals surface area contributed by atoms with Gasteiger partial charge in [0.1, 0.15) is 6.04 Å². The van der Waals surface area contributed by atoms with Crippen LogP contribution in [0.4, 0.5) is 0 Å². The highest BCUT2D eigenvalue weighted by atomic mass is 16.7. The number of nitrogens with one attached hydrogen (secondary N) is 1. The van der Waals surface area contributed by atoms with Gasteiger partial charge in [-0.15, -0.1) is 5.10 Å². The topological polar surface area (TPSA) is 134 Å². The van der Waals surface area contributed by atoms with Crippen molar-refractivity contribution in [2.75, 3.05) is 33.1 Å². The molecule has 2 aromatic heterocycles. The molecule has 2 unspecified atom stereocenters. The molecule has 0 radical (unpaired) electrons. The van der Waals surface area contributed by atoms with Gasteiger partial charge in [-0.3, -0.25) is 14.5 Å². The fourth-order valence-corrected chi connectivity index (χ4v) is 5.49. The van der Waals surface area contributed by atoms with E-state index in [1.807, 2.05) is 19.1 Å². The summed E-state index contributed by atoms with van der Waals surface area (Å²) in [6.45, 7) is 4.77. The predicted octanol–water partition coefficient (Wildman–Crippen LogP) is 1.79. The Bertz CT molecular complexity index is 1340. The summed E-state index contributed by atoms with van der Waals surface area (Å²) in [5.74, 6) is 1.50. The van der Waals surface area contributed by atoms with Gasteiger partial charge in [0, 0.05) is 36.7 Å². The van der Waals surface area contributed by atoms with E-state index < -0.39 is 6.04 Å². The van der Waals surface area contributed by atoms with E-state index in [0.29, 0.717) is 67.5 Å². The number of aromatic nitrogens is 5. The van der Waals surface area contributed by atoms with Crippen LogP contribution in [0, 0.1) is 5.92 Å². The SMILES string of the molecule is CCOC(=O)C1CCN(C(c2cc3cc4c(cc3[nH]c2=O)OCO4)c2nnnn2CC2CCCO2)CC1. The van der Waals surface area contributed by atoms with Crippen LogP contribution < -0.4 is 15.0 Å². The van der Waals surface area contributed by atoms with Gasteiger partial charge < -0.3 is 23.9 Å². The Balaban J connectivity index is 1.38. The molecule has 3 aromatic rings. The third-order valence-corrected chi connectivity index (χ3v) is 7.38. The molecule has 0 spiro atoms. The van der Waals surface area contributed by atoms with Crippen molar-refractivity contribution in [3.8, 4) is 11.5 Å². The second kappa shape index (κ2) is 10.1. The predicted molar refractivity (Wildman–Crippen MR) is 130 cm³/mol. The van der Waals surface area contributed by atoms with Crippen molar-refractivity contribution in [3.05, 3.63) is 39.9 Å². The Morgan fingerprint density at radius 2 is 2.00 bits per heavy atom. The molecule has 6 rings (SSSR count). The summed E-state index contributed by atoms with van der Waals surface area (Å²) >= 11 is 0. The first-order valence-corrected chi connectivity index (χ1v) is 12.9. The number of ether oxygens (including phenoxy) is 4. The number of hydrogen-bond donors (Lipinski definition) is 1. The van der Waals surface area contributed by atoms with Crippen molar-refractivity contribution < 1.29 is 23.7 Å². The van der Waals surface area contributed by atoms with E-state index in [4.69, 9.17) is 18.9 Å². The number of tetrazole rings is 1. The molecule has 12 heteroatoms. The van der Waals surface area contributed by atoms with Crippen LogP contribution in [0.25, 0.3) is 10.9 Å². The molecule has 0 bridgehead atoms. The van der Waals surface area contributed by atoms with Crippen molar-refractivity contribution in [3.63, 3.8) is 0 Å². The number of fused-ring (bicyclic) bond motifs is 2. The maximum Gasteiger partial charge on any atom is 0.309 e. The van der Waals surface area contributed by atoms with Gasteiger partial charge >= 0.3 is 5.97 Å². The fraction of sp³-hybridized carbons (Fsp3) is 0.560. The maximum absolute atomic E-state index is 13.5. The van der Waals surface area contributed by atoms with E-state index in [0.717, 1.165) is 24.8 Å². The molecule has 5 heterocycles. The number of nitrogens with zero attached hydrogens (tertiary/aromatic N) is 5. The lowest BCUT2D eigenvalue weighted by Crippen LogP contribution is -2.42. The van der Waals surface area contributed by atoms with Gasteiger partial charge in [0.25, 0.3) is 5.56 Å². The van der Waals surface area contributed by atoms with Gasteiger partial charge in [0.15, 0.2) is 17.3 Å². The lowest BCUT2D eigenvalue weighted by molar-refractivity contribution is -0.149. The van der Waals surface area contributed by atoms with Crippen molar-refractivity contribution in [1.29, 1.82) is 0 Å². The third-order valence-electron chi connectivity index (χ3n) is 7.38. The Hall–Kier alpha value is -3.51. The molecule has 37 heavy (non-hydrogen) atoms. The standard InChI is InChI=1S/C25H30N6O6/c1-2-34-25(33)15-5-7-30(8-6-15)22(23-27-28-29-31(23)13-17-4-3-9-35-17)18-10-16-11-20-21(37-14-36-20)12-19(16)26-24(18)32/h10-12,15,17,22H,2-9,13-14H2,1H3,(H,26,32). The van der Waals surface area contributed by atoms with Crippen LogP contribution in [-0.2, 0) is 20.8 Å². The number of H-pyrrole nitrogens is 1. The number of pyridine rings is 1. The van der Waals surface area contributed by atoms with Crippen LogP contribution in [0.5, 0.6) is 11.5 Å². The molecule has 3 aliphatic heterocycles. The minimum atomic E-state index is -0.502. The molecular weight excluding hydrogens is 480 g/mol. The monoisotopic (exact) mass is 510 g/mol. The number of piperidine rings is 1. The number of carbonyl (C=O) groups excluding carboxylic acids is 1. The average Bonchev–Trinajstić information content (AvgIpc) is 3.67. The van der Waals surface area contributed by atoms with Crippen LogP contribution in [0.15, 0.2) is 23.0 Å². The molecule has 1 aromatic carbocycles. The number of aromatic amines is 1. The Morgan fingerprint density at radius 3 is 2.76 bits per heavy atom. The first-order chi connectivity index (χ1) is 18.1. The van der Waals surface area contributed by atoms with E-state index >= 15 is 0 Å². The van der Waals surface area contributed by atoms with Crippen molar-refractivity contribution in [2.45, 2.75) is 51.3 Å². The number of esters is 1. The van der Waals surface area contributed by atoms with Crippen molar-refractivity contribution >= 4 is 16.9 Å². The summed E-state index contributed by atoms with van der Waals surface area (Å²) < 4.78 is 23.8. The molecule has 3 aliphatic rings. The summed E-state index contributed by atoms with van der Waals surface area (Å²) in [5, 5.41) is 13.4. The third kappa shape index (κ3) is 4.66. The van der Waals surface area contributed by atoms with Crippen LogP contribution in [-0.4, -0.2) is 75.3 Å². The molecule has 2 atom stereocenters. The molecular formula is C25H30N6O6. The van der Waals surface area contributed by atoms with Gasteiger partial charge in [-0.25, -0.2) is 4.68 Å². The van der Waals surface area contributed by atoms with E-state index in [-0.39, 0.29) is 30.3 Å². The molecule has 196 valence electrons. The lowest BCUT2D eigenvalue weighted by Gasteiger charge is -2.36. The largest absolute Gasteiger partial charge is 0.466 e. The fourth-order valence-electron chi connectivity index (χ4n) is 5.49. The van der Waals surface area contributed by atoms with E-state index in [9.17, 15) is 9.59 Å². The van der Waals surface area contributed by atoms with Crippen LogP contribution in [0.1, 0.15) is 50.0 Å². The first-order valence-electron chi connectivity index (χ1n) is 12.9. The maximum atomic E-state index is 13.5. The zero-order chi connectivity index (χ0) is 25.4. The highest BCUT2D eigenvalue weighted by molar-refractivity contribution is 5.83. The van der Waals surface area contributed by atoms with E-state index in [2.05, 4.69) is 25.4 Å². The van der Waals surface area contributed by atoms with Gasteiger partial charge in [0.2, 0.25) is 6.79 Å². The normalized spacial score (nSPS) is 20.9. The van der Waals surface area contributed by atoms with Gasteiger partial charge in [-0.05, 0) is 55.2 Å². The van der Waals surface area contributed by atoms with E-state index in [1.165, 1.54) is 0 Å². The number of benzene rings is 1. The Labute approximate surface area is 212 Å². The summed E-state index contributed by atoms with van der Waals surface area (Å²) in [7, 11) is 0. The summed E-state index contributed by atoms with van der Waals surface area (Å²) in [5.41, 5.74) is 0.969. The smallest absolute Gasteiger partial charge is 0.309 e. The first kappa shape index (κ1) is 23.9. The van der Waals surface area contributed by atoms with Crippen LogP contribution >= 0.6 is 0 Å². The lowest BCUT2D eigenvalue weighted by atomic mass is 9.94. The summed E-state index contributed by atoms with van der Waals surface area (Å²) in [6, 6.07) is 5.03. The molecule has 0 saturated carbocycles. The van der Waals surface area contributed by atoms with Crippen molar-refractivity contribution in [2.24, 2.45) is 5.92 Å². The minimum absolute atomic E-state index is 0.0343. The molecule has 0 aliphatic carbocycles. The molecule has 2 fully saturated rings. The van der Waals surface area contributed by atoms with Crippen LogP contribution in [0.3, 0.4) is 0 Å². The van der Waals surface area contributed by atoms with Crippen LogP contribution in [0.2, 0.25) is 0 Å². The highest BCUT2D eigenvalue weighted by Gasteiger charge is 2.36. The van der Waals surface area contributed by atoms with Gasteiger partial charge in [0.05, 0.1) is 30.7 Å². The summed E-state index contributed by atoms with van der Waals surface area (Å²) in [4.78, 5) is 31.0. The zero-order valence-corrected chi connectivity index (χ0v) is 20.7. The molecule has 12 nitrogen and oxygen atoms in total.